The molecule has 2 N–H and O–H groups in total. The fourth-order valence-electron chi connectivity index (χ4n) is 3.12. The van der Waals surface area contributed by atoms with Gasteiger partial charge in [0.05, 0.1) is 15.1 Å². The zero-order valence-electron chi connectivity index (χ0n) is 9.33. The van der Waals surface area contributed by atoms with E-state index >= 15 is 0 Å². The van der Waals surface area contributed by atoms with Crippen LogP contribution in [0.3, 0.4) is 0 Å². The van der Waals surface area contributed by atoms with E-state index in [9.17, 15) is 15.0 Å². The summed E-state index contributed by atoms with van der Waals surface area (Å²) in [4.78, 5) is 2.70. The van der Waals surface area contributed by atoms with Crippen molar-refractivity contribution in [2.24, 2.45) is 0 Å². The summed E-state index contributed by atoms with van der Waals surface area (Å²) >= 11 is 49.0. The SMILES string of the molecule is O=C1C(Cl)=C(Cl)C2(Cl)C3(Cl)C(Cl)=C(Cl)C(Cl)(C3(O)O)C12Cl. The van der Waals surface area contributed by atoms with E-state index in [1.807, 2.05) is 0 Å². The van der Waals surface area contributed by atoms with Crippen molar-refractivity contribution >= 4 is 98.6 Å². The van der Waals surface area contributed by atoms with Gasteiger partial charge in [-0.05, 0) is 0 Å². The van der Waals surface area contributed by atoms with E-state index in [0.29, 0.717) is 0 Å². The maximum Gasteiger partial charge on any atom is 0.217 e. The van der Waals surface area contributed by atoms with Crippen LogP contribution in [0.4, 0.5) is 0 Å². The van der Waals surface area contributed by atoms with Crippen LogP contribution in [0.15, 0.2) is 20.1 Å². The molecule has 0 spiro atoms. The Morgan fingerprint density at radius 1 is 0.667 bits per heavy atom. The lowest BCUT2D eigenvalue weighted by Crippen LogP contribution is -2.61. The lowest BCUT2D eigenvalue weighted by molar-refractivity contribution is -0.175. The minimum atomic E-state index is -3.06. The zero-order chi connectivity index (χ0) is 16.4. The third-order valence-corrected chi connectivity index (χ3v) is 9.71. The molecule has 0 heterocycles. The molecule has 0 aromatic rings. The van der Waals surface area contributed by atoms with Crippen LogP contribution in [0.25, 0.3) is 0 Å². The van der Waals surface area contributed by atoms with Crippen molar-refractivity contribution in [2.75, 3.05) is 0 Å². The van der Waals surface area contributed by atoms with E-state index in [2.05, 4.69) is 0 Å². The van der Waals surface area contributed by atoms with Crippen molar-refractivity contribution in [3.05, 3.63) is 20.1 Å². The molecule has 116 valence electrons. The van der Waals surface area contributed by atoms with Gasteiger partial charge in [0.25, 0.3) is 0 Å². The lowest BCUT2D eigenvalue weighted by Gasteiger charge is -2.43. The van der Waals surface area contributed by atoms with Gasteiger partial charge in [0.2, 0.25) is 11.6 Å². The van der Waals surface area contributed by atoms with Crippen molar-refractivity contribution in [1.29, 1.82) is 0 Å². The molecule has 1 saturated carbocycles. The molecule has 4 unspecified atom stereocenters. The second-order valence-electron chi connectivity index (χ2n) is 4.89. The van der Waals surface area contributed by atoms with Crippen LogP contribution in [-0.2, 0) is 4.79 Å². The minimum Gasteiger partial charge on any atom is -0.362 e. The molecule has 11 heteroatoms. The Labute approximate surface area is 158 Å². The summed E-state index contributed by atoms with van der Waals surface area (Å²) in [6.45, 7) is 0. The first-order chi connectivity index (χ1) is 9.29. The summed E-state index contributed by atoms with van der Waals surface area (Å²) in [6.07, 6.45) is 0. The number of alkyl halides is 4. The van der Waals surface area contributed by atoms with E-state index in [1.165, 1.54) is 0 Å². The maximum absolute atomic E-state index is 12.4. The third-order valence-electron chi connectivity index (χ3n) is 4.19. The fraction of sp³-hybridized carbons (Fsp3) is 0.500. The van der Waals surface area contributed by atoms with Gasteiger partial charge in [-0.25, -0.2) is 0 Å². The van der Waals surface area contributed by atoms with Crippen LogP contribution in [0.2, 0.25) is 0 Å². The number of hydrogen-bond acceptors (Lipinski definition) is 3. The van der Waals surface area contributed by atoms with Crippen LogP contribution in [0.1, 0.15) is 0 Å². The fourth-order valence-corrected chi connectivity index (χ4v) is 7.18. The van der Waals surface area contributed by atoms with E-state index < -0.39 is 51.2 Å². The van der Waals surface area contributed by atoms with E-state index in [0.717, 1.165) is 0 Å². The number of carbonyl (C=O) groups excluding carboxylic acids is 1. The summed E-state index contributed by atoms with van der Waals surface area (Å²) < 4.78 is 0. The molecule has 3 nitrogen and oxygen atoms in total. The number of halogens is 8. The number of fused-ring (bicyclic) bond motifs is 5. The summed E-state index contributed by atoms with van der Waals surface area (Å²) in [5.74, 6) is -4.09. The Morgan fingerprint density at radius 3 is 1.48 bits per heavy atom. The molecule has 2 bridgehead atoms. The Morgan fingerprint density at radius 2 is 1.05 bits per heavy atom. The largest absolute Gasteiger partial charge is 0.362 e. The smallest absolute Gasteiger partial charge is 0.217 e. The topological polar surface area (TPSA) is 57.5 Å². The van der Waals surface area contributed by atoms with Crippen molar-refractivity contribution in [1.82, 2.24) is 0 Å². The van der Waals surface area contributed by atoms with Crippen LogP contribution in [0.5, 0.6) is 0 Å². The number of rotatable bonds is 0. The number of carbonyl (C=O) groups is 1. The highest BCUT2D eigenvalue weighted by Gasteiger charge is 2.98. The van der Waals surface area contributed by atoms with Crippen LogP contribution in [-0.4, -0.2) is 41.3 Å². The van der Waals surface area contributed by atoms with Crippen molar-refractivity contribution in [3.63, 3.8) is 0 Å². The first kappa shape index (κ1) is 17.2. The Hall–Kier alpha value is 1.39. The lowest BCUT2D eigenvalue weighted by atomic mass is 9.82. The van der Waals surface area contributed by atoms with E-state index in [4.69, 9.17) is 92.8 Å². The van der Waals surface area contributed by atoms with Crippen molar-refractivity contribution in [3.8, 4) is 0 Å². The molecule has 1 fully saturated rings. The van der Waals surface area contributed by atoms with Gasteiger partial charge in [0.1, 0.15) is 9.91 Å². The molecule has 21 heavy (non-hydrogen) atoms. The predicted octanol–water partition coefficient (Wildman–Crippen LogP) is 3.57. The minimum absolute atomic E-state index is 0.477. The molecule has 3 aliphatic carbocycles. The summed E-state index contributed by atoms with van der Waals surface area (Å²) in [7, 11) is 0. The number of ketones is 1. The van der Waals surface area contributed by atoms with Crippen LogP contribution in [0, 0.1) is 0 Å². The standard InChI is InChI=1S/C10H2Cl8O3/c11-1-2(12)6(15)7(16)3(13)4(14)8(17,10(7,20)21)9(6,18)5(1)19/h20-21H. The van der Waals surface area contributed by atoms with Gasteiger partial charge in [0.15, 0.2) is 14.6 Å². The highest BCUT2D eigenvalue weighted by atomic mass is 35.5. The highest BCUT2D eigenvalue weighted by Crippen LogP contribution is 2.82. The predicted molar refractivity (Wildman–Crippen MR) is 84.0 cm³/mol. The first-order valence-electron chi connectivity index (χ1n) is 5.16. The van der Waals surface area contributed by atoms with Crippen molar-refractivity contribution < 1.29 is 15.0 Å². The Balaban J connectivity index is 2.55. The summed E-state index contributed by atoms with van der Waals surface area (Å²) in [5.41, 5.74) is 0. The van der Waals surface area contributed by atoms with Crippen LogP contribution < -0.4 is 0 Å². The summed E-state index contributed by atoms with van der Waals surface area (Å²) in [5, 5.41) is 18.9. The van der Waals surface area contributed by atoms with E-state index in [-0.39, 0.29) is 0 Å². The first-order valence-corrected chi connectivity index (χ1v) is 8.19. The molecule has 0 aromatic carbocycles. The molecule has 4 atom stereocenters. The number of allylic oxidation sites excluding steroid dienone is 2. The number of hydrogen-bond donors (Lipinski definition) is 2. The molecular weight excluding hydrogens is 452 g/mol. The second kappa shape index (κ2) is 4.13. The average Bonchev–Trinajstić information content (AvgIpc) is 2.67. The Kier molecular flexibility index (Phi) is 3.39. The molecule has 0 amide bonds. The quantitative estimate of drug-likeness (QED) is 0.435. The van der Waals surface area contributed by atoms with Gasteiger partial charge in [0, 0.05) is 0 Å². The van der Waals surface area contributed by atoms with E-state index in [1.54, 1.807) is 0 Å². The van der Waals surface area contributed by atoms with Gasteiger partial charge in [-0.2, -0.15) is 0 Å². The highest BCUT2D eigenvalue weighted by molar-refractivity contribution is 6.70. The average molecular weight is 454 g/mol. The molecular formula is C10H2Cl8O3. The van der Waals surface area contributed by atoms with Crippen molar-refractivity contribution in [2.45, 2.75) is 25.3 Å². The van der Waals surface area contributed by atoms with Gasteiger partial charge >= 0.3 is 0 Å². The number of aliphatic hydroxyl groups is 2. The maximum atomic E-state index is 12.4. The molecule has 3 rings (SSSR count). The molecule has 0 aromatic heterocycles. The third kappa shape index (κ3) is 1.18. The van der Waals surface area contributed by atoms with Gasteiger partial charge in [-0.1, -0.05) is 46.4 Å². The van der Waals surface area contributed by atoms with Gasteiger partial charge in [-0.3, -0.25) is 4.79 Å². The van der Waals surface area contributed by atoms with Gasteiger partial charge in [-0.15, -0.1) is 46.4 Å². The molecule has 3 aliphatic rings. The number of Topliss-reactive ketones (excluding diaryl/α,β-unsaturated/α-hetero) is 1. The molecule has 0 saturated heterocycles. The molecule has 0 radical (unpaired) electrons. The second-order valence-corrected chi connectivity index (χ2v) is 8.67. The Bertz CT molecular complexity index is 686. The van der Waals surface area contributed by atoms with Crippen LogP contribution >= 0.6 is 92.8 Å². The normalized spacial score (nSPS) is 51.2. The zero-order valence-corrected chi connectivity index (χ0v) is 15.4. The molecule has 0 aliphatic heterocycles. The van der Waals surface area contributed by atoms with Gasteiger partial charge < -0.3 is 10.2 Å². The summed E-state index contributed by atoms with van der Waals surface area (Å²) in [6, 6.07) is 0. The monoisotopic (exact) mass is 450 g/mol.